The molecule has 6 nitrogen and oxygen atoms in total. The molecule has 0 aliphatic heterocycles. The highest BCUT2D eigenvalue weighted by atomic mass is 79.9. The van der Waals surface area contributed by atoms with Gasteiger partial charge in [0, 0.05) is 19.6 Å². The van der Waals surface area contributed by atoms with E-state index in [1.165, 1.54) is 16.3 Å². The molecular weight excluding hydrogens is 456 g/mol. The molecule has 0 spiro atoms. The van der Waals surface area contributed by atoms with Crippen LogP contribution in [0.1, 0.15) is 11.1 Å². The predicted octanol–water partition coefficient (Wildman–Crippen LogP) is 3.82. The zero-order valence-electron chi connectivity index (χ0n) is 17.8. The fourth-order valence-corrected chi connectivity index (χ4v) is 3.68. The van der Waals surface area contributed by atoms with E-state index in [1.54, 1.807) is 24.4 Å². The monoisotopic (exact) mass is 482 g/mol. The number of likely N-dealkylation sites (N-methyl/N-ethyl adjacent to an activating group) is 2. The number of rotatable bonds is 9. The van der Waals surface area contributed by atoms with Gasteiger partial charge in [0.05, 0.1) is 17.2 Å². The fraction of sp³-hybridized carbons (Fsp3) is 0.250. The lowest BCUT2D eigenvalue weighted by Crippen LogP contribution is -2.37. The third kappa shape index (κ3) is 6.89. The average Bonchev–Trinajstić information content (AvgIpc) is 2.75. The summed E-state index contributed by atoms with van der Waals surface area (Å²) in [5.74, 6) is -0.0125. The van der Waals surface area contributed by atoms with Crippen molar-refractivity contribution < 1.29 is 9.90 Å². The molecule has 0 heterocycles. The Balaban J connectivity index is 1.42. The summed E-state index contributed by atoms with van der Waals surface area (Å²) in [6.07, 6.45) is 1.54. The molecule has 31 heavy (non-hydrogen) atoms. The topological polar surface area (TPSA) is 68.2 Å². The number of hydrogen-bond acceptors (Lipinski definition) is 5. The van der Waals surface area contributed by atoms with Gasteiger partial charge in [0.25, 0.3) is 5.91 Å². The number of hydrazone groups is 1. The minimum atomic E-state index is -0.173. The van der Waals surface area contributed by atoms with Crippen LogP contribution in [0.2, 0.25) is 0 Å². The van der Waals surface area contributed by atoms with Crippen molar-refractivity contribution in [1.82, 2.24) is 15.2 Å². The SMILES string of the molecule is CN(CCN(C)Cc1cccc2ccccc12)CC(=O)N/N=C/c1ccc(O)c(Br)c1. The second kappa shape index (κ2) is 11.0. The molecule has 7 heteroatoms. The number of amides is 1. The molecule has 0 bridgehead atoms. The lowest BCUT2D eigenvalue weighted by Gasteiger charge is -2.22. The smallest absolute Gasteiger partial charge is 0.254 e. The van der Waals surface area contributed by atoms with Gasteiger partial charge in [-0.05, 0) is 70.1 Å². The molecular formula is C24H27BrN4O2. The summed E-state index contributed by atoms with van der Waals surface area (Å²) >= 11 is 3.25. The normalized spacial score (nSPS) is 11.6. The maximum atomic E-state index is 12.1. The second-order valence-electron chi connectivity index (χ2n) is 7.62. The van der Waals surface area contributed by atoms with E-state index < -0.39 is 0 Å². The molecule has 0 fully saturated rings. The molecule has 0 aromatic heterocycles. The standard InChI is InChI=1S/C24H27BrN4O2/c1-28(16-20-8-5-7-19-6-3-4-9-21(19)20)12-13-29(2)17-24(31)27-26-15-18-10-11-23(30)22(25)14-18/h3-11,14-15,30H,12-13,16-17H2,1-2H3,(H,27,31)/b26-15+. The van der Waals surface area contributed by atoms with Gasteiger partial charge in [-0.15, -0.1) is 0 Å². The van der Waals surface area contributed by atoms with Crippen LogP contribution in [0.15, 0.2) is 70.2 Å². The first-order valence-electron chi connectivity index (χ1n) is 10.1. The van der Waals surface area contributed by atoms with E-state index in [2.05, 4.69) is 80.9 Å². The first kappa shape index (κ1) is 22.9. The molecule has 3 rings (SSSR count). The van der Waals surface area contributed by atoms with E-state index >= 15 is 0 Å². The number of fused-ring (bicyclic) bond motifs is 1. The summed E-state index contributed by atoms with van der Waals surface area (Å²) in [4.78, 5) is 16.4. The van der Waals surface area contributed by atoms with Crippen molar-refractivity contribution in [3.8, 4) is 5.75 Å². The lowest BCUT2D eigenvalue weighted by atomic mass is 10.0. The van der Waals surface area contributed by atoms with Crippen molar-refractivity contribution in [1.29, 1.82) is 0 Å². The van der Waals surface area contributed by atoms with E-state index in [4.69, 9.17) is 0 Å². The molecule has 3 aromatic rings. The third-order valence-electron chi connectivity index (χ3n) is 4.97. The summed E-state index contributed by atoms with van der Waals surface area (Å²) in [5, 5.41) is 16.0. The largest absolute Gasteiger partial charge is 0.507 e. The maximum absolute atomic E-state index is 12.1. The molecule has 0 saturated heterocycles. The van der Waals surface area contributed by atoms with Crippen LogP contribution in [-0.4, -0.2) is 60.8 Å². The number of carbonyl (C=O) groups excluding carboxylic acids is 1. The van der Waals surface area contributed by atoms with Gasteiger partial charge in [-0.3, -0.25) is 9.69 Å². The van der Waals surface area contributed by atoms with Gasteiger partial charge in [-0.2, -0.15) is 5.10 Å². The van der Waals surface area contributed by atoms with Gasteiger partial charge in [-0.25, -0.2) is 5.43 Å². The molecule has 0 unspecified atom stereocenters. The number of benzene rings is 3. The molecule has 2 N–H and O–H groups in total. The minimum Gasteiger partial charge on any atom is -0.507 e. The summed E-state index contributed by atoms with van der Waals surface area (Å²) in [6.45, 7) is 2.73. The highest BCUT2D eigenvalue weighted by Crippen LogP contribution is 2.23. The molecule has 0 radical (unpaired) electrons. The van der Waals surface area contributed by atoms with Crippen molar-refractivity contribution in [3.63, 3.8) is 0 Å². The second-order valence-corrected chi connectivity index (χ2v) is 8.47. The number of halogens is 1. The first-order valence-corrected chi connectivity index (χ1v) is 10.9. The Morgan fingerprint density at radius 1 is 1.06 bits per heavy atom. The summed E-state index contributed by atoms with van der Waals surface area (Å²) in [5.41, 5.74) is 4.61. The van der Waals surface area contributed by atoms with E-state index in [0.29, 0.717) is 4.47 Å². The quantitative estimate of drug-likeness (QED) is 0.359. The molecule has 162 valence electrons. The Morgan fingerprint density at radius 3 is 2.61 bits per heavy atom. The van der Waals surface area contributed by atoms with E-state index in [-0.39, 0.29) is 18.2 Å². The highest BCUT2D eigenvalue weighted by molar-refractivity contribution is 9.10. The van der Waals surface area contributed by atoms with Crippen LogP contribution in [0.3, 0.4) is 0 Å². The van der Waals surface area contributed by atoms with Crippen molar-refractivity contribution in [2.45, 2.75) is 6.54 Å². The Morgan fingerprint density at radius 2 is 1.81 bits per heavy atom. The number of hydrogen-bond donors (Lipinski definition) is 2. The van der Waals surface area contributed by atoms with E-state index in [0.717, 1.165) is 25.2 Å². The number of carbonyl (C=O) groups is 1. The zero-order chi connectivity index (χ0) is 22.2. The number of nitrogens with one attached hydrogen (secondary N) is 1. The van der Waals surface area contributed by atoms with Crippen molar-refractivity contribution >= 4 is 38.8 Å². The number of nitrogens with zero attached hydrogens (tertiary/aromatic N) is 3. The molecule has 1 amide bonds. The molecule has 3 aromatic carbocycles. The van der Waals surface area contributed by atoms with Gasteiger partial charge in [0.2, 0.25) is 0 Å². The summed E-state index contributed by atoms with van der Waals surface area (Å²) in [7, 11) is 4.02. The molecule has 0 atom stereocenters. The van der Waals surface area contributed by atoms with Crippen molar-refractivity contribution in [3.05, 3.63) is 76.3 Å². The van der Waals surface area contributed by atoms with Crippen LogP contribution in [0.25, 0.3) is 10.8 Å². The van der Waals surface area contributed by atoms with Crippen LogP contribution in [0.4, 0.5) is 0 Å². The van der Waals surface area contributed by atoms with Crippen LogP contribution in [-0.2, 0) is 11.3 Å². The van der Waals surface area contributed by atoms with E-state index in [9.17, 15) is 9.90 Å². The van der Waals surface area contributed by atoms with Gasteiger partial charge in [0.1, 0.15) is 5.75 Å². The number of phenolic OH excluding ortho intramolecular Hbond substituents is 1. The Kier molecular flexibility index (Phi) is 8.17. The lowest BCUT2D eigenvalue weighted by molar-refractivity contribution is -0.121. The Hall–Kier alpha value is -2.74. The van der Waals surface area contributed by atoms with Crippen molar-refractivity contribution in [2.24, 2.45) is 5.10 Å². The summed E-state index contributed by atoms with van der Waals surface area (Å²) in [6, 6.07) is 19.8. The van der Waals surface area contributed by atoms with Gasteiger partial charge >= 0.3 is 0 Å². The van der Waals surface area contributed by atoms with Gasteiger partial charge in [0.15, 0.2) is 0 Å². The van der Waals surface area contributed by atoms with Crippen LogP contribution < -0.4 is 5.43 Å². The van der Waals surface area contributed by atoms with Crippen molar-refractivity contribution in [2.75, 3.05) is 33.7 Å². The highest BCUT2D eigenvalue weighted by Gasteiger charge is 2.09. The molecule has 0 saturated carbocycles. The van der Waals surface area contributed by atoms with Gasteiger partial charge in [-0.1, -0.05) is 42.5 Å². The number of phenols is 1. The molecule has 0 aliphatic rings. The Bertz CT molecular complexity index is 1070. The minimum absolute atomic E-state index is 0.160. The summed E-state index contributed by atoms with van der Waals surface area (Å²) < 4.78 is 0.579. The maximum Gasteiger partial charge on any atom is 0.254 e. The fourth-order valence-electron chi connectivity index (χ4n) is 3.28. The number of aromatic hydroxyl groups is 1. The zero-order valence-corrected chi connectivity index (χ0v) is 19.3. The van der Waals surface area contributed by atoms with E-state index in [1.807, 2.05) is 11.9 Å². The predicted molar refractivity (Wildman–Crippen MR) is 129 cm³/mol. The Labute approximate surface area is 191 Å². The van der Waals surface area contributed by atoms with Crippen LogP contribution in [0, 0.1) is 0 Å². The average molecular weight is 483 g/mol. The first-order chi connectivity index (χ1) is 14.9. The third-order valence-corrected chi connectivity index (χ3v) is 5.61. The molecule has 0 aliphatic carbocycles. The van der Waals surface area contributed by atoms with Crippen LogP contribution >= 0.6 is 15.9 Å². The van der Waals surface area contributed by atoms with Gasteiger partial charge < -0.3 is 10.0 Å². The van der Waals surface area contributed by atoms with Crippen LogP contribution in [0.5, 0.6) is 5.75 Å².